The lowest BCUT2D eigenvalue weighted by Gasteiger charge is -2.28. The van der Waals surface area contributed by atoms with Gasteiger partial charge in [-0.05, 0) is 36.8 Å². The first-order valence-corrected chi connectivity index (χ1v) is 10.9. The molecule has 1 atom stereocenters. The number of carbonyl (C=O) groups is 1. The van der Waals surface area contributed by atoms with Crippen LogP contribution >= 0.6 is 0 Å². The molecule has 0 aliphatic carbocycles. The van der Waals surface area contributed by atoms with Crippen LogP contribution in [0.2, 0.25) is 0 Å². The van der Waals surface area contributed by atoms with E-state index in [1.54, 1.807) is 12.1 Å². The lowest BCUT2D eigenvalue weighted by atomic mass is 10.1. The summed E-state index contributed by atoms with van der Waals surface area (Å²) in [6.45, 7) is 1.36. The van der Waals surface area contributed by atoms with Crippen LogP contribution in [-0.4, -0.2) is 48.0 Å². The van der Waals surface area contributed by atoms with Crippen LogP contribution in [-0.2, 0) is 21.4 Å². The smallest absolute Gasteiger partial charge is 0.243 e. The van der Waals surface area contributed by atoms with Gasteiger partial charge in [0.1, 0.15) is 6.04 Å². The molecule has 0 heterocycles. The van der Waals surface area contributed by atoms with Crippen molar-refractivity contribution in [3.05, 3.63) is 47.5 Å². The van der Waals surface area contributed by atoms with Gasteiger partial charge in [-0.15, -0.1) is 0 Å². The van der Waals surface area contributed by atoms with Gasteiger partial charge in [0.2, 0.25) is 21.7 Å². The Labute approximate surface area is 179 Å². The Morgan fingerprint density at radius 1 is 1.03 bits per heavy atom. The molecule has 0 unspecified atom stereocenters. The molecule has 31 heavy (non-hydrogen) atoms. The summed E-state index contributed by atoms with van der Waals surface area (Å²) in [7, 11) is 0.385. The van der Waals surface area contributed by atoms with E-state index in [2.05, 4.69) is 5.32 Å². The number of ether oxygens (including phenoxy) is 3. The summed E-state index contributed by atoms with van der Waals surface area (Å²) < 4.78 is 67.9. The van der Waals surface area contributed by atoms with Crippen molar-refractivity contribution in [3.63, 3.8) is 0 Å². The van der Waals surface area contributed by atoms with Gasteiger partial charge in [-0.25, -0.2) is 17.2 Å². The number of nitrogens with zero attached hydrogens (tertiary/aromatic N) is 1. The number of methoxy groups -OCH3 is 3. The average molecular weight is 458 g/mol. The molecule has 0 saturated carbocycles. The molecule has 0 bridgehead atoms. The minimum absolute atomic E-state index is 0.0231. The van der Waals surface area contributed by atoms with Gasteiger partial charge in [-0.2, -0.15) is 0 Å². The number of sulfonamides is 1. The molecule has 2 aromatic rings. The minimum Gasteiger partial charge on any atom is -0.493 e. The van der Waals surface area contributed by atoms with Crippen molar-refractivity contribution in [2.75, 3.05) is 31.9 Å². The summed E-state index contributed by atoms with van der Waals surface area (Å²) in [6, 6.07) is 4.64. The molecule has 0 fully saturated rings. The van der Waals surface area contributed by atoms with E-state index < -0.39 is 33.6 Å². The first-order chi connectivity index (χ1) is 14.5. The van der Waals surface area contributed by atoms with E-state index in [0.717, 1.165) is 28.8 Å². The fraction of sp³-hybridized carbons (Fsp3) is 0.350. The molecule has 0 aromatic heterocycles. The molecule has 0 spiro atoms. The fourth-order valence-corrected chi connectivity index (χ4v) is 4.17. The van der Waals surface area contributed by atoms with Crippen molar-refractivity contribution in [1.82, 2.24) is 5.32 Å². The molecular weight excluding hydrogens is 434 g/mol. The van der Waals surface area contributed by atoms with Crippen molar-refractivity contribution in [2.45, 2.75) is 19.5 Å². The zero-order valence-electron chi connectivity index (χ0n) is 17.7. The summed E-state index contributed by atoms with van der Waals surface area (Å²) in [4.78, 5) is 12.7. The summed E-state index contributed by atoms with van der Waals surface area (Å²) in [5.74, 6) is -1.84. The quantitative estimate of drug-likeness (QED) is 0.621. The highest BCUT2D eigenvalue weighted by atomic mass is 32.2. The van der Waals surface area contributed by atoms with Crippen molar-refractivity contribution < 1.29 is 36.2 Å². The van der Waals surface area contributed by atoms with Crippen LogP contribution in [0, 0.1) is 11.6 Å². The van der Waals surface area contributed by atoms with Gasteiger partial charge in [0, 0.05) is 12.6 Å². The number of hydrogen-bond acceptors (Lipinski definition) is 6. The summed E-state index contributed by atoms with van der Waals surface area (Å²) >= 11 is 0. The monoisotopic (exact) mass is 458 g/mol. The second-order valence-electron chi connectivity index (χ2n) is 6.58. The highest BCUT2D eigenvalue weighted by Crippen LogP contribution is 2.38. The van der Waals surface area contributed by atoms with Crippen LogP contribution in [0.25, 0.3) is 0 Å². The molecule has 0 aliphatic rings. The Hall–Kier alpha value is -3.08. The Morgan fingerprint density at radius 2 is 1.61 bits per heavy atom. The molecule has 11 heteroatoms. The number of hydrogen-bond donors (Lipinski definition) is 1. The number of carbonyl (C=O) groups excluding carboxylic acids is 1. The molecule has 0 saturated heterocycles. The number of anilines is 1. The molecule has 1 amide bonds. The fourth-order valence-electron chi connectivity index (χ4n) is 3.01. The molecule has 2 aromatic carbocycles. The van der Waals surface area contributed by atoms with E-state index in [9.17, 15) is 22.0 Å². The van der Waals surface area contributed by atoms with Gasteiger partial charge >= 0.3 is 0 Å². The zero-order chi connectivity index (χ0) is 23.3. The zero-order valence-corrected chi connectivity index (χ0v) is 18.5. The van der Waals surface area contributed by atoms with Crippen molar-refractivity contribution >= 4 is 21.6 Å². The largest absolute Gasteiger partial charge is 0.493 e. The van der Waals surface area contributed by atoms with Gasteiger partial charge in [0.15, 0.2) is 23.1 Å². The topological polar surface area (TPSA) is 94.2 Å². The highest BCUT2D eigenvalue weighted by molar-refractivity contribution is 7.92. The van der Waals surface area contributed by atoms with Crippen LogP contribution in [0.4, 0.5) is 14.5 Å². The summed E-state index contributed by atoms with van der Waals surface area (Å²) in [6.07, 6.45) is 0.872. The Bertz CT molecular complexity index is 1040. The summed E-state index contributed by atoms with van der Waals surface area (Å²) in [5.41, 5.74) is 0.436. The lowest BCUT2D eigenvalue weighted by molar-refractivity contribution is -0.122. The second kappa shape index (κ2) is 9.82. The average Bonchev–Trinajstić information content (AvgIpc) is 2.72. The van der Waals surface area contributed by atoms with Gasteiger partial charge in [-0.1, -0.05) is 0 Å². The van der Waals surface area contributed by atoms with E-state index in [4.69, 9.17) is 14.2 Å². The van der Waals surface area contributed by atoms with E-state index in [-0.39, 0.29) is 12.2 Å². The maximum atomic E-state index is 13.6. The van der Waals surface area contributed by atoms with Crippen LogP contribution in [0.15, 0.2) is 30.3 Å². The molecule has 170 valence electrons. The third kappa shape index (κ3) is 5.54. The van der Waals surface area contributed by atoms with E-state index in [1.165, 1.54) is 28.3 Å². The number of amides is 1. The van der Waals surface area contributed by atoms with Crippen LogP contribution in [0.5, 0.6) is 17.2 Å². The SMILES string of the molecule is COc1cc(CNC(=O)[C@H](C)N(c2ccc(F)c(F)c2)S(C)(=O)=O)cc(OC)c1OC. The van der Waals surface area contributed by atoms with Crippen molar-refractivity contribution in [2.24, 2.45) is 0 Å². The minimum atomic E-state index is -3.98. The Morgan fingerprint density at radius 3 is 2.06 bits per heavy atom. The lowest BCUT2D eigenvalue weighted by Crippen LogP contribution is -2.47. The van der Waals surface area contributed by atoms with Crippen LogP contribution in [0.1, 0.15) is 12.5 Å². The first kappa shape index (κ1) is 24.2. The van der Waals surface area contributed by atoms with Crippen LogP contribution < -0.4 is 23.8 Å². The highest BCUT2D eigenvalue weighted by Gasteiger charge is 2.29. The van der Waals surface area contributed by atoms with Gasteiger partial charge in [-0.3, -0.25) is 9.10 Å². The molecule has 0 aliphatic heterocycles. The predicted octanol–water partition coefficient (Wildman–Crippen LogP) is 2.46. The standard InChI is InChI=1S/C20H24F2N2O6S/c1-12(24(31(5,26)27)14-6-7-15(21)16(22)10-14)20(25)23-11-13-8-17(28-2)19(30-4)18(9-13)29-3/h6-10,12H,11H2,1-5H3,(H,23,25)/t12-/m0/s1. The van der Waals surface area contributed by atoms with Crippen molar-refractivity contribution in [1.29, 1.82) is 0 Å². The third-order valence-corrected chi connectivity index (χ3v) is 5.68. The first-order valence-electron chi connectivity index (χ1n) is 9.04. The maximum absolute atomic E-state index is 13.6. The molecule has 0 radical (unpaired) electrons. The maximum Gasteiger partial charge on any atom is 0.243 e. The van der Waals surface area contributed by atoms with Gasteiger partial charge in [0.05, 0.1) is 33.3 Å². The molecular formula is C20H24F2N2O6S. The van der Waals surface area contributed by atoms with E-state index >= 15 is 0 Å². The third-order valence-electron chi connectivity index (χ3n) is 4.44. The normalized spacial score (nSPS) is 12.1. The van der Waals surface area contributed by atoms with Crippen molar-refractivity contribution in [3.8, 4) is 17.2 Å². The number of rotatable bonds is 9. The molecule has 2 rings (SSSR count). The predicted molar refractivity (Wildman–Crippen MR) is 111 cm³/mol. The molecule has 1 N–H and O–H groups in total. The van der Waals surface area contributed by atoms with Gasteiger partial charge in [0.25, 0.3) is 0 Å². The number of halogens is 2. The van der Waals surface area contributed by atoms with Crippen LogP contribution in [0.3, 0.4) is 0 Å². The summed E-state index contributed by atoms with van der Waals surface area (Å²) in [5, 5.41) is 2.62. The number of benzene rings is 2. The van der Waals surface area contributed by atoms with E-state index in [0.29, 0.717) is 22.8 Å². The van der Waals surface area contributed by atoms with Gasteiger partial charge < -0.3 is 19.5 Å². The van der Waals surface area contributed by atoms with E-state index in [1.807, 2.05) is 0 Å². The second-order valence-corrected chi connectivity index (χ2v) is 8.44. The number of nitrogens with one attached hydrogen (secondary N) is 1. The Kier molecular flexibility index (Phi) is 7.66. The Balaban J connectivity index is 2.26. The molecule has 8 nitrogen and oxygen atoms in total.